The molecule has 1 radical (unpaired) electrons. The molecule has 0 bridgehead atoms. The van der Waals surface area contributed by atoms with Crippen molar-refractivity contribution in [2.75, 3.05) is 0 Å². The van der Waals surface area contributed by atoms with Crippen LogP contribution in [0.5, 0.6) is 0 Å². The molecule has 9 heteroatoms. The second kappa shape index (κ2) is 5.28. The molecule has 1 heterocycles. The first-order valence-electron chi connectivity index (χ1n) is 5.75. The van der Waals surface area contributed by atoms with E-state index in [2.05, 4.69) is 6.92 Å². The van der Waals surface area contributed by atoms with E-state index in [1.165, 1.54) is 0 Å². The average Bonchev–Trinajstić information content (AvgIpc) is 2.38. The van der Waals surface area contributed by atoms with Gasteiger partial charge in [-0.25, -0.2) is 13.8 Å². The molecular formula is C13H8ClF4N2O2. The fourth-order valence-electron chi connectivity index (χ4n) is 1.87. The zero-order chi connectivity index (χ0) is 16.8. The number of hydrogen-bond donors (Lipinski definition) is 0. The number of halogens is 5. The predicted molar refractivity (Wildman–Crippen MR) is 71.7 cm³/mol. The molecule has 0 N–H and O–H groups in total. The summed E-state index contributed by atoms with van der Waals surface area (Å²) in [5.41, 5.74) is -4.47. The number of benzene rings is 1. The predicted octanol–water partition coefficient (Wildman–Crippen LogP) is 2.53. The lowest BCUT2D eigenvalue weighted by Gasteiger charge is -2.14. The molecule has 0 unspecified atom stereocenters. The van der Waals surface area contributed by atoms with Crippen molar-refractivity contribution in [2.45, 2.75) is 6.18 Å². The largest absolute Gasteiger partial charge is 0.431 e. The molecule has 0 aliphatic carbocycles. The van der Waals surface area contributed by atoms with Crippen LogP contribution in [0.15, 0.2) is 27.8 Å². The summed E-state index contributed by atoms with van der Waals surface area (Å²) in [5.74, 6) is -1.03. The van der Waals surface area contributed by atoms with Gasteiger partial charge in [-0.05, 0) is 24.6 Å². The van der Waals surface area contributed by atoms with Crippen molar-refractivity contribution in [3.05, 3.63) is 68.1 Å². The van der Waals surface area contributed by atoms with Gasteiger partial charge in [0.15, 0.2) is 0 Å². The molecule has 117 valence electrons. The average molecular weight is 336 g/mol. The van der Waals surface area contributed by atoms with Crippen LogP contribution < -0.4 is 11.2 Å². The Labute approximate surface area is 126 Å². The second-order valence-electron chi connectivity index (χ2n) is 4.44. The summed E-state index contributed by atoms with van der Waals surface area (Å²) < 4.78 is 52.6. The van der Waals surface area contributed by atoms with Crippen LogP contribution in [0.1, 0.15) is 11.3 Å². The monoisotopic (exact) mass is 335 g/mol. The molecule has 0 saturated carbocycles. The van der Waals surface area contributed by atoms with E-state index in [0.29, 0.717) is 0 Å². The molecule has 0 saturated heterocycles. The molecule has 4 nitrogen and oxygen atoms in total. The fraction of sp³-hybridized carbons (Fsp3) is 0.154. The van der Waals surface area contributed by atoms with E-state index in [-0.39, 0.29) is 25.8 Å². The molecule has 0 aliphatic rings. The van der Waals surface area contributed by atoms with Gasteiger partial charge < -0.3 is 0 Å². The maximum absolute atomic E-state index is 13.9. The van der Waals surface area contributed by atoms with Crippen LogP contribution in [0.3, 0.4) is 0 Å². The van der Waals surface area contributed by atoms with Gasteiger partial charge in [-0.3, -0.25) is 9.36 Å². The van der Waals surface area contributed by atoms with E-state index >= 15 is 0 Å². The van der Waals surface area contributed by atoms with Gasteiger partial charge in [-0.1, -0.05) is 11.6 Å². The third-order valence-corrected chi connectivity index (χ3v) is 3.32. The van der Waals surface area contributed by atoms with Crippen LogP contribution in [-0.4, -0.2) is 9.13 Å². The van der Waals surface area contributed by atoms with Crippen molar-refractivity contribution in [1.29, 1.82) is 0 Å². The number of aromatic nitrogens is 2. The van der Waals surface area contributed by atoms with E-state index in [0.717, 1.165) is 19.2 Å². The Bertz CT molecular complexity index is 868. The Morgan fingerprint density at radius 3 is 2.32 bits per heavy atom. The topological polar surface area (TPSA) is 44.0 Å². The van der Waals surface area contributed by atoms with Crippen molar-refractivity contribution in [3.8, 4) is 5.69 Å². The molecule has 0 atom stereocenters. The Hall–Kier alpha value is -2.09. The lowest BCUT2D eigenvalue weighted by molar-refractivity contribution is -0.144. The van der Waals surface area contributed by atoms with Gasteiger partial charge in [0.05, 0.1) is 5.69 Å². The summed E-state index contributed by atoms with van der Waals surface area (Å²) >= 11 is 5.65. The van der Waals surface area contributed by atoms with Crippen molar-refractivity contribution < 1.29 is 17.6 Å². The van der Waals surface area contributed by atoms with Crippen LogP contribution in [0.4, 0.5) is 17.6 Å². The van der Waals surface area contributed by atoms with Crippen molar-refractivity contribution in [2.24, 2.45) is 7.05 Å². The smallest absolute Gasteiger partial charge is 0.292 e. The number of nitrogens with zero attached hydrogens (tertiary/aromatic N) is 2. The fourth-order valence-corrected chi connectivity index (χ4v) is 2.02. The maximum atomic E-state index is 13.9. The number of hydrogen-bond acceptors (Lipinski definition) is 2. The van der Waals surface area contributed by atoms with Crippen LogP contribution in [0.2, 0.25) is 5.02 Å². The zero-order valence-electron chi connectivity index (χ0n) is 11.0. The minimum atomic E-state index is -4.89. The SMILES string of the molecule is [CH2]c1cc(-n2c(=O)cc(C(F)(F)F)n(C)c2=O)c(F)cc1Cl. The Morgan fingerprint density at radius 1 is 1.18 bits per heavy atom. The van der Waals surface area contributed by atoms with E-state index in [1.807, 2.05) is 0 Å². The summed E-state index contributed by atoms with van der Waals surface area (Å²) in [5, 5.41) is -0.0435. The molecule has 1 aromatic carbocycles. The summed E-state index contributed by atoms with van der Waals surface area (Å²) in [6.07, 6.45) is -4.89. The highest BCUT2D eigenvalue weighted by molar-refractivity contribution is 6.31. The minimum absolute atomic E-state index is 0.0435. The normalized spacial score (nSPS) is 11.8. The van der Waals surface area contributed by atoms with Crippen LogP contribution in [0.25, 0.3) is 5.69 Å². The van der Waals surface area contributed by atoms with Gasteiger partial charge in [0.1, 0.15) is 11.5 Å². The third-order valence-electron chi connectivity index (χ3n) is 2.97. The summed E-state index contributed by atoms with van der Waals surface area (Å²) in [6, 6.07) is 2.05. The molecule has 22 heavy (non-hydrogen) atoms. The van der Waals surface area contributed by atoms with E-state index in [1.54, 1.807) is 0 Å². The zero-order valence-corrected chi connectivity index (χ0v) is 11.8. The van der Waals surface area contributed by atoms with E-state index < -0.39 is 34.6 Å². The Balaban J connectivity index is 2.85. The van der Waals surface area contributed by atoms with Gasteiger partial charge in [0.25, 0.3) is 5.56 Å². The first kappa shape index (κ1) is 16.3. The Kier molecular flexibility index (Phi) is 3.90. The third kappa shape index (κ3) is 2.66. The number of alkyl halides is 3. The summed E-state index contributed by atoms with van der Waals surface area (Å²) in [7, 11) is 0.833. The highest BCUT2D eigenvalue weighted by Gasteiger charge is 2.35. The van der Waals surface area contributed by atoms with Gasteiger partial charge in [0, 0.05) is 18.1 Å². The number of rotatable bonds is 1. The lowest BCUT2D eigenvalue weighted by Crippen LogP contribution is -2.41. The lowest BCUT2D eigenvalue weighted by atomic mass is 10.2. The van der Waals surface area contributed by atoms with Crippen molar-refractivity contribution in [1.82, 2.24) is 9.13 Å². The quantitative estimate of drug-likeness (QED) is 0.752. The summed E-state index contributed by atoms with van der Waals surface area (Å²) in [4.78, 5) is 23.9. The molecule has 0 spiro atoms. The molecule has 0 fully saturated rings. The van der Waals surface area contributed by atoms with E-state index in [9.17, 15) is 27.2 Å². The van der Waals surface area contributed by atoms with Crippen LogP contribution >= 0.6 is 11.6 Å². The molecule has 2 aromatic rings. The van der Waals surface area contributed by atoms with Crippen LogP contribution in [-0.2, 0) is 13.2 Å². The summed E-state index contributed by atoms with van der Waals surface area (Å²) in [6.45, 7) is 3.48. The highest BCUT2D eigenvalue weighted by atomic mass is 35.5. The van der Waals surface area contributed by atoms with Crippen molar-refractivity contribution >= 4 is 11.6 Å². The maximum Gasteiger partial charge on any atom is 0.431 e. The highest BCUT2D eigenvalue weighted by Crippen LogP contribution is 2.27. The molecule has 2 rings (SSSR count). The Morgan fingerprint density at radius 2 is 1.77 bits per heavy atom. The minimum Gasteiger partial charge on any atom is -0.292 e. The molecule has 1 aromatic heterocycles. The van der Waals surface area contributed by atoms with Crippen molar-refractivity contribution in [3.63, 3.8) is 0 Å². The van der Waals surface area contributed by atoms with Gasteiger partial charge in [-0.15, -0.1) is 0 Å². The van der Waals surface area contributed by atoms with Gasteiger partial charge in [-0.2, -0.15) is 13.2 Å². The molecular weight excluding hydrogens is 328 g/mol. The van der Waals surface area contributed by atoms with E-state index in [4.69, 9.17) is 11.6 Å². The van der Waals surface area contributed by atoms with Gasteiger partial charge in [0.2, 0.25) is 0 Å². The van der Waals surface area contributed by atoms with Gasteiger partial charge >= 0.3 is 11.9 Å². The molecule has 0 amide bonds. The first-order chi connectivity index (χ1) is 10.0. The second-order valence-corrected chi connectivity index (χ2v) is 4.84. The molecule has 0 aliphatic heterocycles. The first-order valence-corrected chi connectivity index (χ1v) is 6.13. The standard InChI is InChI=1S/C13H8ClF4N2O2/c1-6-3-9(8(15)4-7(6)14)20-11(21)5-10(13(16,17)18)19(2)12(20)22/h3-5H,1H2,2H3. The van der Waals surface area contributed by atoms with Crippen LogP contribution in [0, 0.1) is 12.7 Å².